The van der Waals surface area contributed by atoms with E-state index >= 15 is 0 Å². The van der Waals surface area contributed by atoms with Crippen molar-refractivity contribution in [2.45, 2.75) is 51.5 Å². The maximum atomic E-state index is 6.50. The van der Waals surface area contributed by atoms with Gasteiger partial charge in [0.25, 0.3) is 0 Å². The van der Waals surface area contributed by atoms with Crippen LogP contribution in [-0.2, 0) is 4.74 Å². The quantitative estimate of drug-likeness (QED) is 0.591. The summed E-state index contributed by atoms with van der Waals surface area (Å²) in [6.45, 7) is 10.6. The highest BCUT2D eigenvalue weighted by Crippen LogP contribution is 2.48. The van der Waals surface area contributed by atoms with Gasteiger partial charge in [0.15, 0.2) is 0 Å². The molecule has 0 N–H and O–H groups in total. The monoisotopic (exact) mass is 315 g/mol. The van der Waals surface area contributed by atoms with Crippen molar-refractivity contribution in [3.8, 4) is 0 Å². The molecule has 0 bridgehead atoms. The Hall–Kier alpha value is -1.19. The Bertz CT molecular complexity index is 572. The molecule has 1 aromatic carbocycles. The lowest BCUT2D eigenvalue weighted by atomic mass is 9.82. The molecule has 5 atom stereocenters. The molecule has 0 aromatic heterocycles. The molecule has 2 aliphatic heterocycles. The third-order valence-electron chi connectivity index (χ3n) is 5.34. The molecule has 1 aromatic rings. The van der Waals surface area contributed by atoms with Crippen molar-refractivity contribution in [3.63, 3.8) is 0 Å². The standard InChI is InChI=1S/C19H25NOS/c1-5-13(2)16-11-12-19(4)20(18(16)22)14(3)17(21-19)15-9-7-6-8-10-15/h5-10,13-14,16-17H,1,11-12H2,2-4H3/t13-,14+,16+,17+,19-/m1/s1. The van der Waals surface area contributed by atoms with E-state index < -0.39 is 0 Å². The predicted molar refractivity (Wildman–Crippen MR) is 94.7 cm³/mol. The van der Waals surface area contributed by atoms with E-state index in [0.29, 0.717) is 11.8 Å². The van der Waals surface area contributed by atoms with Gasteiger partial charge in [0.05, 0.1) is 11.0 Å². The zero-order valence-corrected chi connectivity index (χ0v) is 14.5. The SMILES string of the molecule is C=C[C@@H](C)[C@@H]1CC[C@@]2(C)O[C@H](c3ccccc3)[C@H](C)N2C1=S. The fraction of sp³-hybridized carbons (Fsp3) is 0.526. The molecule has 0 radical (unpaired) electrons. The van der Waals surface area contributed by atoms with Crippen molar-refractivity contribution in [3.05, 3.63) is 48.6 Å². The number of rotatable bonds is 3. The molecular formula is C19H25NOS. The van der Waals surface area contributed by atoms with E-state index in [0.717, 1.165) is 17.8 Å². The number of ether oxygens (including phenoxy) is 1. The molecule has 0 spiro atoms. The number of allylic oxidation sites excluding steroid dienone is 1. The van der Waals surface area contributed by atoms with Crippen molar-refractivity contribution in [2.24, 2.45) is 11.8 Å². The minimum absolute atomic E-state index is 0.0851. The number of hydrogen-bond acceptors (Lipinski definition) is 2. The number of thiocarbonyl (C=S) groups is 1. The molecule has 2 nitrogen and oxygen atoms in total. The smallest absolute Gasteiger partial charge is 0.139 e. The lowest BCUT2D eigenvalue weighted by Gasteiger charge is -2.46. The first-order valence-electron chi connectivity index (χ1n) is 8.16. The second-order valence-corrected chi connectivity index (χ2v) is 7.23. The summed E-state index contributed by atoms with van der Waals surface area (Å²) in [5, 5.41) is 0. The maximum absolute atomic E-state index is 6.50. The van der Waals surface area contributed by atoms with Gasteiger partial charge in [-0.2, -0.15) is 0 Å². The second kappa shape index (κ2) is 5.78. The van der Waals surface area contributed by atoms with E-state index in [-0.39, 0.29) is 17.9 Å². The normalized spacial score (nSPS) is 36.0. The molecule has 3 rings (SSSR count). The van der Waals surface area contributed by atoms with Gasteiger partial charge in [-0.25, -0.2) is 0 Å². The zero-order valence-electron chi connectivity index (χ0n) is 13.7. The Morgan fingerprint density at radius 2 is 2.09 bits per heavy atom. The summed E-state index contributed by atoms with van der Waals surface area (Å²) in [4.78, 5) is 3.40. The minimum Gasteiger partial charge on any atom is -0.346 e. The van der Waals surface area contributed by atoms with Gasteiger partial charge in [-0.3, -0.25) is 0 Å². The highest BCUT2D eigenvalue weighted by Gasteiger charge is 2.53. The summed E-state index contributed by atoms with van der Waals surface area (Å²) in [7, 11) is 0. The van der Waals surface area contributed by atoms with Gasteiger partial charge in [0, 0.05) is 5.92 Å². The highest BCUT2D eigenvalue weighted by molar-refractivity contribution is 7.80. The first kappa shape index (κ1) is 15.7. The first-order chi connectivity index (χ1) is 10.5. The van der Waals surface area contributed by atoms with E-state index in [1.807, 2.05) is 12.1 Å². The molecule has 118 valence electrons. The molecule has 2 fully saturated rings. The highest BCUT2D eigenvalue weighted by atomic mass is 32.1. The number of benzene rings is 1. The Morgan fingerprint density at radius 3 is 2.73 bits per heavy atom. The summed E-state index contributed by atoms with van der Waals surface area (Å²) in [5.41, 5.74) is 0.968. The van der Waals surface area contributed by atoms with Gasteiger partial charge in [-0.1, -0.05) is 55.5 Å². The Balaban J connectivity index is 1.90. The van der Waals surface area contributed by atoms with Crippen molar-refractivity contribution >= 4 is 17.2 Å². The van der Waals surface area contributed by atoms with E-state index in [9.17, 15) is 0 Å². The fourth-order valence-corrected chi connectivity index (χ4v) is 4.67. The number of fused-ring (bicyclic) bond motifs is 1. The molecule has 3 heteroatoms. The van der Waals surface area contributed by atoms with Gasteiger partial charge < -0.3 is 9.64 Å². The van der Waals surface area contributed by atoms with Crippen LogP contribution in [0.5, 0.6) is 0 Å². The Labute approximate surface area is 139 Å². The predicted octanol–water partition coefficient (Wildman–Crippen LogP) is 4.72. The molecular weight excluding hydrogens is 290 g/mol. The van der Waals surface area contributed by atoms with Crippen LogP contribution in [-0.4, -0.2) is 21.7 Å². The van der Waals surface area contributed by atoms with Gasteiger partial charge >= 0.3 is 0 Å². The van der Waals surface area contributed by atoms with Crippen LogP contribution < -0.4 is 0 Å². The third-order valence-corrected chi connectivity index (χ3v) is 5.84. The molecule has 22 heavy (non-hydrogen) atoms. The Morgan fingerprint density at radius 1 is 1.41 bits per heavy atom. The van der Waals surface area contributed by atoms with Gasteiger partial charge in [-0.05, 0) is 38.2 Å². The minimum atomic E-state index is -0.269. The molecule has 2 heterocycles. The van der Waals surface area contributed by atoms with Crippen LogP contribution in [0.4, 0.5) is 0 Å². The van der Waals surface area contributed by atoms with Crippen LogP contribution in [0.3, 0.4) is 0 Å². The van der Waals surface area contributed by atoms with Crippen molar-refractivity contribution in [2.75, 3.05) is 0 Å². The van der Waals surface area contributed by atoms with Crippen LogP contribution in [0, 0.1) is 11.8 Å². The van der Waals surface area contributed by atoms with E-state index in [1.165, 1.54) is 5.56 Å². The average molecular weight is 315 g/mol. The molecule has 0 unspecified atom stereocenters. The number of piperidine rings is 1. The van der Waals surface area contributed by atoms with Gasteiger partial charge in [0.2, 0.25) is 0 Å². The third kappa shape index (κ3) is 2.40. The van der Waals surface area contributed by atoms with Gasteiger partial charge in [0.1, 0.15) is 11.8 Å². The van der Waals surface area contributed by atoms with Crippen LogP contribution in [0.25, 0.3) is 0 Å². The average Bonchev–Trinajstić information content (AvgIpc) is 2.80. The lowest BCUT2D eigenvalue weighted by Crippen LogP contribution is -2.55. The van der Waals surface area contributed by atoms with Crippen molar-refractivity contribution in [1.82, 2.24) is 4.90 Å². The summed E-state index contributed by atoms with van der Waals surface area (Å²) >= 11 is 5.86. The maximum Gasteiger partial charge on any atom is 0.139 e. The zero-order chi connectivity index (χ0) is 15.9. The molecule has 2 saturated heterocycles. The van der Waals surface area contributed by atoms with E-state index in [2.05, 4.69) is 56.5 Å². The van der Waals surface area contributed by atoms with Crippen LogP contribution in [0.15, 0.2) is 43.0 Å². The molecule has 0 amide bonds. The topological polar surface area (TPSA) is 12.5 Å². The number of nitrogens with zero attached hydrogens (tertiary/aromatic N) is 1. The number of hydrogen-bond donors (Lipinski definition) is 0. The van der Waals surface area contributed by atoms with Gasteiger partial charge in [-0.15, -0.1) is 6.58 Å². The lowest BCUT2D eigenvalue weighted by molar-refractivity contribution is -0.0869. The molecule has 0 saturated carbocycles. The van der Waals surface area contributed by atoms with Crippen molar-refractivity contribution in [1.29, 1.82) is 0 Å². The van der Waals surface area contributed by atoms with Crippen LogP contribution in [0.1, 0.15) is 45.3 Å². The van der Waals surface area contributed by atoms with Crippen molar-refractivity contribution < 1.29 is 4.74 Å². The largest absolute Gasteiger partial charge is 0.346 e. The fourth-order valence-electron chi connectivity index (χ4n) is 3.97. The summed E-state index contributed by atoms with van der Waals surface area (Å²) < 4.78 is 6.50. The molecule has 2 aliphatic rings. The first-order valence-corrected chi connectivity index (χ1v) is 8.57. The second-order valence-electron chi connectivity index (χ2n) is 6.81. The summed E-state index contributed by atoms with van der Waals surface area (Å²) in [5.74, 6) is 0.821. The van der Waals surface area contributed by atoms with E-state index in [1.54, 1.807) is 0 Å². The molecule has 0 aliphatic carbocycles. The van der Waals surface area contributed by atoms with E-state index in [4.69, 9.17) is 17.0 Å². The van der Waals surface area contributed by atoms with Crippen LogP contribution >= 0.6 is 12.2 Å². The summed E-state index contributed by atoms with van der Waals surface area (Å²) in [6, 6.07) is 10.8. The Kier molecular flexibility index (Phi) is 4.13. The summed E-state index contributed by atoms with van der Waals surface area (Å²) in [6.07, 6.45) is 4.20. The van der Waals surface area contributed by atoms with Crippen LogP contribution in [0.2, 0.25) is 0 Å².